The molecule has 0 aliphatic rings. The zero-order valence-corrected chi connectivity index (χ0v) is 19.0. The van der Waals surface area contributed by atoms with Crippen LogP contribution in [0.4, 0.5) is 26.4 Å². The van der Waals surface area contributed by atoms with E-state index >= 15 is 0 Å². The van der Waals surface area contributed by atoms with Crippen LogP contribution in [0.5, 0.6) is 0 Å². The van der Waals surface area contributed by atoms with Crippen molar-refractivity contribution in [3.63, 3.8) is 0 Å². The van der Waals surface area contributed by atoms with Crippen LogP contribution in [0.25, 0.3) is 16.9 Å². The molecule has 0 unspecified atom stereocenters. The van der Waals surface area contributed by atoms with Crippen LogP contribution in [-0.4, -0.2) is 25.4 Å². The molecule has 3 heterocycles. The molecule has 2 amide bonds. The molecule has 8 nitrogen and oxygen atoms in total. The molecule has 3 N–H and O–H groups in total. The summed E-state index contributed by atoms with van der Waals surface area (Å²) in [5.41, 5.74) is 3.99. The Balaban J connectivity index is 1.36. The molecule has 0 saturated carbocycles. The minimum absolute atomic E-state index is 0.0711. The van der Waals surface area contributed by atoms with Crippen molar-refractivity contribution in [2.24, 2.45) is 0 Å². The number of amides is 2. The van der Waals surface area contributed by atoms with Gasteiger partial charge in [0.25, 0.3) is 0 Å². The van der Waals surface area contributed by atoms with Crippen molar-refractivity contribution in [3.05, 3.63) is 102 Å². The summed E-state index contributed by atoms with van der Waals surface area (Å²) in [7, 11) is 0. The lowest BCUT2D eigenvalue weighted by Crippen LogP contribution is -2.19. The first kappa shape index (κ1) is 22.3. The standard InChI is InChI=1S/C25H19ClFN7O/c26-20-13-18(7-8-21(20)27)32-25(35)31-17-6-3-4-16(12-17)22-15-34-11-10-29-24(34)23(33-22)30-14-19-5-1-2-9-28-19/h1-13,15H,14H2,(H,30,33)(H2,31,32,35). The van der Waals surface area contributed by atoms with Crippen LogP contribution in [0.2, 0.25) is 5.02 Å². The van der Waals surface area contributed by atoms with Gasteiger partial charge in [-0.3, -0.25) is 4.98 Å². The van der Waals surface area contributed by atoms with Crippen LogP contribution in [0, 0.1) is 5.82 Å². The summed E-state index contributed by atoms with van der Waals surface area (Å²) in [6, 6.07) is 16.5. The summed E-state index contributed by atoms with van der Waals surface area (Å²) >= 11 is 5.78. The number of pyridine rings is 1. The second-order valence-corrected chi connectivity index (χ2v) is 8.00. The van der Waals surface area contributed by atoms with Gasteiger partial charge in [0.05, 0.1) is 23.0 Å². The number of halogens is 2. The number of imidazole rings is 1. The fourth-order valence-corrected chi connectivity index (χ4v) is 3.67. The number of carbonyl (C=O) groups is 1. The zero-order chi connectivity index (χ0) is 24.2. The lowest BCUT2D eigenvalue weighted by molar-refractivity contribution is 0.262. The zero-order valence-electron chi connectivity index (χ0n) is 18.2. The van der Waals surface area contributed by atoms with Gasteiger partial charge in [0.2, 0.25) is 0 Å². The SMILES string of the molecule is O=C(Nc1cccc(-c2cn3ccnc3c(NCc3ccccn3)n2)c1)Nc1ccc(F)c(Cl)c1. The molecule has 0 aliphatic heterocycles. The van der Waals surface area contributed by atoms with Gasteiger partial charge in [-0.15, -0.1) is 0 Å². The van der Waals surface area contributed by atoms with Crippen molar-refractivity contribution in [1.29, 1.82) is 0 Å². The van der Waals surface area contributed by atoms with E-state index in [-0.39, 0.29) is 5.02 Å². The number of urea groups is 1. The van der Waals surface area contributed by atoms with E-state index in [0.29, 0.717) is 35.1 Å². The predicted molar refractivity (Wildman–Crippen MR) is 134 cm³/mol. The summed E-state index contributed by atoms with van der Waals surface area (Å²) in [5.74, 6) is 0.0593. The number of hydrogen-bond acceptors (Lipinski definition) is 5. The van der Waals surface area contributed by atoms with Crippen molar-refractivity contribution in [1.82, 2.24) is 19.4 Å². The Morgan fingerprint density at radius 3 is 2.63 bits per heavy atom. The molecule has 0 saturated heterocycles. The van der Waals surface area contributed by atoms with E-state index in [2.05, 4.69) is 25.9 Å². The van der Waals surface area contributed by atoms with Gasteiger partial charge in [-0.05, 0) is 42.5 Å². The Bertz CT molecular complexity index is 1510. The second-order valence-electron chi connectivity index (χ2n) is 7.60. The molecule has 2 aromatic carbocycles. The quantitative estimate of drug-likeness (QED) is 0.279. The average Bonchev–Trinajstić information content (AvgIpc) is 3.34. The molecule has 0 radical (unpaired) electrons. The van der Waals surface area contributed by atoms with Crippen molar-refractivity contribution < 1.29 is 9.18 Å². The number of nitrogens with zero attached hydrogens (tertiary/aromatic N) is 4. The first-order valence-electron chi connectivity index (χ1n) is 10.7. The summed E-state index contributed by atoms with van der Waals surface area (Å²) in [6.07, 6.45) is 7.16. The molecule has 35 heavy (non-hydrogen) atoms. The molecule has 0 spiro atoms. The van der Waals surface area contributed by atoms with Crippen molar-refractivity contribution in [3.8, 4) is 11.3 Å². The fourth-order valence-electron chi connectivity index (χ4n) is 3.49. The van der Waals surface area contributed by atoms with Crippen molar-refractivity contribution in [2.45, 2.75) is 6.54 Å². The normalized spacial score (nSPS) is 10.8. The number of benzene rings is 2. The van der Waals surface area contributed by atoms with Gasteiger partial charge in [-0.25, -0.2) is 19.2 Å². The summed E-state index contributed by atoms with van der Waals surface area (Å²) in [6.45, 7) is 0.495. The number of nitrogens with one attached hydrogen (secondary N) is 3. The predicted octanol–water partition coefficient (Wildman–Crippen LogP) is 5.84. The molecular weight excluding hydrogens is 469 g/mol. The van der Waals surface area contributed by atoms with Gasteiger partial charge < -0.3 is 20.4 Å². The summed E-state index contributed by atoms with van der Waals surface area (Å²) in [4.78, 5) is 25.9. The van der Waals surface area contributed by atoms with E-state index in [4.69, 9.17) is 16.6 Å². The van der Waals surface area contributed by atoms with Crippen LogP contribution in [0.15, 0.2) is 85.5 Å². The van der Waals surface area contributed by atoms with Gasteiger partial charge in [0, 0.05) is 41.7 Å². The monoisotopic (exact) mass is 487 g/mol. The Hall–Kier alpha value is -4.50. The Labute approximate surface area is 204 Å². The maximum atomic E-state index is 13.3. The third-order valence-corrected chi connectivity index (χ3v) is 5.42. The van der Waals surface area contributed by atoms with Crippen LogP contribution < -0.4 is 16.0 Å². The first-order valence-corrected chi connectivity index (χ1v) is 11.0. The lowest BCUT2D eigenvalue weighted by atomic mass is 10.1. The highest BCUT2D eigenvalue weighted by Gasteiger charge is 2.11. The van der Waals surface area contributed by atoms with E-state index in [1.54, 1.807) is 18.5 Å². The molecular formula is C25H19ClFN7O. The van der Waals surface area contributed by atoms with E-state index in [9.17, 15) is 9.18 Å². The number of anilines is 3. The topological polar surface area (TPSA) is 96.2 Å². The van der Waals surface area contributed by atoms with Crippen molar-refractivity contribution >= 4 is 40.5 Å². The fraction of sp³-hybridized carbons (Fsp3) is 0.0400. The average molecular weight is 488 g/mol. The molecule has 5 aromatic rings. The Morgan fingerprint density at radius 1 is 0.971 bits per heavy atom. The van der Waals surface area contributed by atoms with Gasteiger partial charge in [-0.1, -0.05) is 29.8 Å². The number of carbonyl (C=O) groups excluding carboxylic acids is 1. The highest BCUT2D eigenvalue weighted by atomic mass is 35.5. The number of aromatic nitrogens is 4. The number of rotatable bonds is 6. The van der Waals surface area contributed by atoms with Gasteiger partial charge in [-0.2, -0.15) is 0 Å². The highest BCUT2D eigenvalue weighted by Crippen LogP contribution is 2.25. The third-order valence-electron chi connectivity index (χ3n) is 5.13. The van der Waals surface area contributed by atoms with Crippen LogP contribution in [-0.2, 0) is 6.54 Å². The van der Waals surface area contributed by atoms with Gasteiger partial charge >= 0.3 is 6.03 Å². The smallest absolute Gasteiger partial charge is 0.323 e. The molecule has 0 bridgehead atoms. The lowest BCUT2D eigenvalue weighted by Gasteiger charge is -2.12. The van der Waals surface area contributed by atoms with Gasteiger partial charge in [0.15, 0.2) is 11.5 Å². The molecule has 174 valence electrons. The molecule has 0 fully saturated rings. The van der Waals surface area contributed by atoms with E-state index in [0.717, 1.165) is 11.3 Å². The Morgan fingerprint density at radius 2 is 1.83 bits per heavy atom. The minimum Gasteiger partial charge on any atom is -0.361 e. The van der Waals surface area contributed by atoms with Crippen LogP contribution in [0.1, 0.15) is 5.69 Å². The summed E-state index contributed by atoms with van der Waals surface area (Å²) < 4.78 is 15.2. The molecule has 0 aliphatic carbocycles. The second kappa shape index (κ2) is 9.78. The first-order chi connectivity index (χ1) is 17.0. The summed E-state index contributed by atoms with van der Waals surface area (Å²) in [5, 5.41) is 8.64. The molecule has 3 aromatic heterocycles. The molecule has 10 heteroatoms. The van der Waals surface area contributed by atoms with Crippen molar-refractivity contribution in [2.75, 3.05) is 16.0 Å². The maximum Gasteiger partial charge on any atom is 0.323 e. The highest BCUT2D eigenvalue weighted by molar-refractivity contribution is 6.31. The van der Waals surface area contributed by atoms with Gasteiger partial charge in [0.1, 0.15) is 5.82 Å². The maximum absolute atomic E-state index is 13.3. The van der Waals surface area contributed by atoms with E-state index in [1.807, 2.05) is 53.2 Å². The minimum atomic E-state index is -0.554. The van der Waals surface area contributed by atoms with Crippen LogP contribution in [0.3, 0.4) is 0 Å². The third kappa shape index (κ3) is 5.20. The molecule has 5 rings (SSSR count). The molecule has 0 atom stereocenters. The Kier molecular flexibility index (Phi) is 6.23. The largest absolute Gasteiger partial charge is 0.361 e. The number of hydrogen-bond donors (Lipinski definition) is 3. The van der Waals surface area contributed by atoms with E-state index < -0.39 is 11.8 Å². The number of fused-ring (bicyclic) bond motifs is 1. The van der Waals surface area contributed by atoms with E-state index in [1.165, 1.54) is 18.2 Å². The van der Waals surface area contributed by atoms with Crippen LogP contribution >= 0.6 is 11.6 Å².